The van der Waals surface area contributed by atoms with Crippen LogP contribution < -0.4 is 4.74 Å². The Morgan fingerprint density at radius 1 is 1.47 bits per heavy atom. The third-order valence-electron chi connectivity index (χ3n) is 3.12. The maximum absolute atomic E-state index is 9.54. The van der Waals surface area contributed by atoms with Crippen LogP contribution >= 0.6 is 0 Å². The second-order valence-electron chi connectivity index (χ2n) is 4.54. The number of aliphatic hydroxyl groups is 1. The molecule has 1 aromatic rings. The van der Waals surface area contributed by atoms with Crippen LogP contribution in [0.4, 0.5) is 0 Å². The van der Waals surface area contributed by atoms with Gasteiger partial charge in [-0.1, -0.05) is 12.1 Å². The molecule has 0 fully saturated rings. The summed E-state index contributed by atoms with van der Waals surface area (Å²) in [6.45, 7) is 1.24. The zero-order valence-electron chi connectivity index (χ0n) is 10.3. The largest absolute Gasteiger partial charge is 0.493 e. The molecule has 1 N–H and O–H groups in total. The fraction of sp³-hybridized carbons (Fsp3) is 0.571. The maximum atomic E-state index is 9.54. The van der Waals surface area contributed by atoms with Crippen LogP contribution in [-0.4, -0.2) is 31.5 Å². The lowest BCUT2D eigenvalue weighted by Crippen LogP contribution is -2.13. The fourth-order valence-corrected chi connectivity index (χ4v) is 2.21. The smallest absolute Gasteiger partial charge is 0.122 e. The first-order chi connectivity index (χ1) is 8.29. The van der Waals surface area contributed by atoms with Gasteiger partial charge in [0.2, 0.25) is 0 Å². The van der Waals surface area contributed by atoms with E-state index in [0.29, 0.717) is 6.61 Å². The fourth-order valence-electron chi connectivity index (χ4n) is 2.21. The number of methoxy groups -OCH3 is 1. The molecule has 0 radical (unpaired) electrons. The van der Waals surface area contributed by atoms with Crippen LogP contribution in [0.2, 0.25) is 0 Å². The Hall–Kier alpha value is -1.06. The van der Waals surface area contributed by atoms with Crippen LogP contribution in [0.1, 0.15) is 24.0 Å². The van der Waals surface area contributed by atoms with Gasteiger partial charge in [-0.3, -0.25) is 0 Å². The number of aryl methyl sites for hydroxylation is 1. The molecule has 0 bridgehead atoms. The SMILES string of the molecule is COCC(O)CCCc1ccc2c(c1)CCO2. The molecule has 0 aromatic heterocycles. The van der Waals surface area contributed by atoms with Crippen molar-refractivity contribution in [3.63, 3.8) is 0 Å². The highest BCUT2D eigenvalue weighted by atomic mass is 16.5. The summed E-state index contributed by atoms with van der Waals surface area (Å²) in [5.74, 6) is 1.04. The van der Waals surface area contributed by atoms with Crippen LogP contribution in [0.3, 0.4) is 0 Å². The van der Waals surface area contributed by atoms with Gasteiger partial charge in [0, 0.05) is 13.5 Å². The molecule has 17 heavy (non-hydrogen) atoms. The van der Waals surface area contributed by atoms with Crippen molar-refractivity contribution in [1.82, 2.24) is 0 Å². The molecule has 3 nitrogen and oxygen atoms in total. The van der Waals surface area contributed by atoms with E-state index in [1.807, 2.05) is 0 Å². The topological polar surface area (TPSA) is 38.7 Å². The Bertz CT molecular complexity index is 362. The van der Waals surface area contributed by atoms with E-state index in [2.05, 4.69) is 18.2 Å². The third kappa shape index (κ3) is 3.45. The standard InChI is InChI=1S/C14H20O3/c1-16-10-13(15)4-2-3-11-5-6-14-12(9-11)7-8-17-14/h5-6,9,13,15H,2-4,7-8,10H2,1H3. The first-order valence-electron chi connectivity index (χ1n) is 6.21. The highest BCUT2D eigenvalue weighted by Gasteiger charge is 2.12. The van der Waals surface area contributed by atoms with Crippen LogP contribution in [0, 0.1) is 0 Å². The van der Waals surface area contributed by atoms with Crippen LogP contribution in [-0.2, 0) is 17.6 Å². The average Bonchev–Trinajstić information content (AvgIpc) is 2.76. The molecule has 0 saturated heterocycles. The minimum absolute atomic E-state index is 0.335. The van der Waals surface area contributed by atoms with Crippen molar-refractivity contribution < 1.29 is 14.6 Å². The average molecular weight is 236 g/mol. The summed E-state index contributed by atoms with van der Waals surface area (Å²) in [6.07, 6.45) is 3.48. The molecule has 1 unspecified atom stereocenters. The minimum Gasteiger partial charge on any atom is -0.493 e. The molecular formula is C14H20O3. The van der Waals surface area contributed by atoms with Gasteiger partial charge in [0.1, 0.15) is 5.75 Å². The highest BCUT2D eigenvalue weighted by Crippen LogP contribution is 2.26. The maximum Gasteiger partial charge on any atom is 0.122 e. The van der Waals surface area contributed by atoms with Gasteiger partial charge in [0.25, 0.3) is 0 Å². The molecule has 1 aromatic carbocycles. The molecule has 1 aliphatic heterocycles. The molecule has 1 aliphatic rings. The summed E-state index contributed by atoms with van der Waals surface area (Å²) >= 11 is 0. The van der Waals surface area contributed by atoms with E-state index >= 15 is 0 Å². The van der Waals surface area contributed by atoms with E-state index in [1.54, 1.807) is 7.11 Å². The number of benzene rings is 1. The monoisotopic (exact) mass is 236 g/mol. The Balaban J connectivity index is 1.79. The summed E-state index contributed by atoms with van der Waals surface area (Å²) in [5, 5.41) is 9.54. The van der Waals surface area contributed by atoms with E-state index in [9.17, 15) is 5.11 Å². The lowest BCUT2D eigenvalue weighted by molar-refractivity contribution is 0.0581. The van der Waals surface area contributed by atoms with Gasteiger partial charge in [-0.25, -0.2) is 0 Å². The summed E-state index contributed by atoms with van der Waals surface area (Å²) in [4.78, 5) is 0. The van der Waals surface area contributed by atoms with Crippen LogP contribution in [0.15, 0.2) is 18.2 Å². The lowest BCUT2D eigenvalue weighted by atomic mass is 10.0. The zero-order chi connectivity index (χ0) is 12.1. The predicted molar refractivity (Wildman–Crippen MR) is 66.5 cm³/mol. The molecular weight excluding hydrogens is 216 g/mol. The summed E-state index contributed by atoms with van der Waals surface area (Å²) in [7, 11) is 1.61. The summed E-state index contributed by atoms with van der Waals surface area (Å²) in [5.41, 5.74) is 2.65. The quantitative estimate of drug-likeness (QED) is 0.820. The first-order valence-corrected chi connectivity index (χ1v) is 6.21. The van der Waals surface area contributed by atoms with E-state index in [-0.39, 0.29) is 6.10 Å². The number of fused-ring (bicyclic) bond motifs is 1. The Morgan fingerprint density at radius 3 is 3.18 bits per heavy atom. The molecule has 0 spiro atoms. The van der Waals surface area contributed by atoms with Gasteiger partial charge in [0.15, 0.2) is 0 Å². The molecule has 1 heterocycles. The molecule has 1 atom stereocenters. The normalized spacial score (nSPS) is 15.4. The summed E-state index contributed by atoms with van der Waals surface area (Å²) < 4.78 is 10.4. The van der Waals surface area contributed by atoms with E-state index < -0.39 is 0 Å². The van der Waals surface area contributed by atoms with Gasteiger partial charge >= 0.3 is 0 Å². The van der Waals surface area contributed by atoms with Crippen molar-refractivity contribution in [2.24, 2.45) is 0 Å². The molecule has 3 heteroatoms. The van der Waals surface area contributed by atoms with Gasteiger partial charge in [0.05, 0.1) is 19.3 Å². The number of rotatable bonds is 6. The molecule has 2 rings (SSSR count). The zero-order valence-corrected chi connectivity index (χ0v) is 10.3. The lowest BCUT2D eigenvalue weighted by Gasteiger charge is -2.09. The van der Waals surface area contributed by atoms with Gasteiger partial charge in [-0.2, -0.15) is 0 Å². The van der Waals surface area contributed by atoms with Crippen molar-refractivity contribution in [2.45, 2.75) is 31.8 Å². The Morgan fingerprint density at radius 2 is 2.35 bits per heavy atom. The molecule has 94 valence electrons. The number of hydrogen-bond donors (Lipinski definition) is 1. The summed E-state index contributed by atoms with van der Waals surface area (Å²) in [6, 6.07) is 6.40. The van der Waals surface area contributed by atoms with E-state index in [1.165, 1.54) is 11.1 Å². The van der Waals surface area contributed by atoms with Crippen molar-refractivity contribution in [1.29, 1.82) is 0 Å². The molecule has 0 amide bonds. The molecule has 0 aliphatic carbocycles. The second kappa shape index (κ2) is 6.03. The van der Waals surface area contributed by atoms with Crippen molar-refractivity contribution in [3.8, 4) is 5.75 Å². The van der Waals surface area contributed by atoms with Gasteiger partial charge in [-0.15, -0.1) is 0 Å². The first kappa shape index (κ1) is 12.4. The highest BCUT2D eigenvalue weighted by molar-refractivity contribution is 5.39. The number of aliphatic hydroxyl groups excluding tert-OH is 1. The second-order valence-corrected chi connectivity index (χ2v) is 4.54. The Kier molecular flexibility index (Phi) is 4.40. The Labute approximate surface area is 102 Å². The van der Waals surface area contributed by atoms with E-state index in [4.69, 9.17) is 9.47 Å². The van der Waals surface area contributed by atoms with Gasteiger partial charge in [-0.05, 0) is 36.5 Å². The molecule has 0 saturated carbocycles. The van der Waals surface area contributed by atoms with Crippen LogP contribution in [0.25, 0.3) is 0 Å². The van der Waals surface area contributed by atoms with Crippen molar-refractivity contribution in [3.05, 3.63) is 29.3 Å². The number of ether oxygens (including phenoxy) is 2. The third-order valence-corrected chi connectivity index (χ3v) is 3.12. The van der Waals surface area contributed by atoms with E-state index in [0.717, 1.165) is 38.0 Å². The van der Waals surface area contributed by atoms with Crippen molar-refractivity contribution in [2.75, 3.05) is 20.3 Å². The number of hydrogen-bond acceptors (Lipinski definition) is 3. The van der Waals surface area contributed by atoms with Crippen LogP contribution in [0.5, 0.6) is 5.75 Å². The minimum atomic E-state index is -0.335. The van der Waals surface area contributed by atoms with Crippen molar-refractivity contribution >= 4 is 0 Å². The predicted octanol–water partition coefficient (Wildman–Crippen LogP) is 1.95. The van der Waals surface area contributed by atoms with Gasteiger partial charge < -0.3 is 14.6 Å².